The van der Waals surface area contributed by atoms with Gasteiger partial charge in [0.05, 0.1) is 26.4 Å². The zero-order valence-electron chi connectivity index (χ0n) is 37.5. The second kappa shape index (κ2) is 26.5. The lowest BCUT2D eigenvalue weighted by Crippen LogP contribution is -2.61. The van der Waals surface area contributed by atoms with Crippen LogP contribution < -0.4 is 0 Å². The van der Waals surface area contributed by atoms with Gasteiger partial charge in [0.2, 0.25) is 12.6 Å². The Morgan fingerprint density at radius 2 is 0.691 bits per heavy atom. The molecule has 0 aromatic rings. The first-order chi connectivity index (χ1) is 32.1. The number of hydrogen-bond donors (Lipinski definition) is 14. The molecule has 0 saturated carbocycles. The molecule has 24 heteroatoms. The van der Waals surface area contributed by atoms with Gasteiger partial charge < -0.3 is 109 Å². The fraction of sp³-hybridized carbons (Fsp3) is 0.636. The smallest absolute Gasteiger partial charge is 0.336 e. The average molecular weight is 977 g/mol. The fourth-order valence-corrected chi connectivity index (χ4v) is 6.84. The Morgan fingerprint density at radius 3 is 1.01 bits per heavy atom. The van der Waals surface area contributed by atoms with Gasteiger partial charge in [0, 0.05) is 11.1 Å². The molecule has 20 atom stereocenters. The van der Waals surface area contributed by atoms with Crippen LogP contribution in [0.15, 0.2) is 83.1 Å². The Morgan fingerprint density at radius 1 is 0.397 bits per heavy atom. The minimum Gasteiger partial charge on any atom is -0.429 e. The molecule has 0 spiro atoms. The van der Waals surface area contributed by atoms with Crippen molar-refractivity contribution in [1.29, 1.82) is 0 Å². The van der Waals surface area contributed by atoms with E-state index in [1.54, 1.807) is 62.5 Å². The third-order valence-corrected chi connectivity index (χ3v) is 11.2. The molecule has 24 nitrogen and oxygen atoms in total. The van der Waals surface area contributed by atoms with Gasteiger partial charge in [-0.05, 0) is 27.7 Å². The summed E-state index contributed by atoms with van der Waals surface area (Å²) in [7, 11) is 0. The summed E-state index contributed by atoms with van der Waals surface area (Å²) in [6.45, 7) is 3.80. The summed E-state index contributed by atoms with van der Waals surface area (Å²) in [4.78, 5) is 25.6. The second-order valence-electron chi connectivity index (χ2n) is 16.5. The lowest BCUT2D eigenvalue weighted by Gasteiger charge is -2.42. The van der Waals surface area contributed by atoms with Gasteiger partial charge in [-0.25, -0.2) is 9.59 Å². The van der Waals surface area contributed by atoms with Crippen molar-refractivity contribution in [2.75, 3.05) is 26.4 Å². The molecule has 14 N–H and O–H groups in total. The van der Waals surface area contributed by atoms with Gasteiger partial charge in [0.25, 0.3) is 0 Å². The van der Waals surface area contributed by atoms with Crippen molar-refractivity contribution >= 4 is 11.9 Å². The number of allylic oxidation sites excluding steroid dienone is 12. The Bertz CT molecular complexity index is 1730. The van der Waals surface area contributed by atoms with Crippen LogP contribution in [-0.4, -0.2) is 233 Å². The molecule has 4 saturated heterocycles. The van der Waals surface area contributed by atoms with E-state index in [1.807, 2.05) is 0 Å². The molecular formula is C44H64O24. The van der Waals surface area contributed by atoms with E-state index in [9.17, 15) is 81.1 Å². The number of hydrogen-bond acceptors (Lipinski definition) is 24. The average Bonchev–Trinajstić information content (AvgIpc) is 3.31. The van der Waals surface area contributed by atoms with E-state index in [0.29, 0.717) is 0 Å². The van der Waals surface area contributed by atoms with Gasteiger partial charge >= 0.3 is 11.9 Å². The van der Waals surface area contributed by atoms with Crippen molar-refractivity contribution in [2.45, 2.75) is 151 Å². The van der Waals surface area contributed by atoms with E-state index >= 15 is 0 Å². The third-order valence-electron chi connectivity index (χ3n) is 11.2. The second-order valence-corrected chi connectivity index (χ2v) is 16.5. The van der Waals surface area contributed by atoms with Crippen molar-refractivity contribution < 1.29 is 119 Å². The first kappa shape index (κ1) is 56.9. The van der Waals surface area contributed by atoms with Crippen LogP contribution in [0.25, 0.3) is 0 Å². The van der Waals surface area contributed by atoms with Crippen LogP contribution in [0.2, 0.25) is 0 Å². The number of carbonyl (C=O) groups is 2. The number of aliphatic hydroxyl groups excluding tert-OH is 14. The minimum absolute atomic E-state index is 0.0726. The highest BCUT2D eigenvalue weighted by Gasteiger charge is 2.50. The first-order valence-electron chi connectivity index (χ1n) is 21.5. The Labute approximate surface area is 390 Å². The van der Waals surface area contributed by atoms with Crippen LogP contribution in [0.3, 0.4) is 0 Å². The molecule has 0 radical (unpaired) electrons. The number of ether oxygens (including phenoxy) is 8. The van der Waals surface area contributed by atoms with Gasteiger partial charge in [-0.15, -0.1) is 0 Å². The maximum Gasteiger partial charge on any atom is 0.336 e. The van der Waals surface area contributed by atoms with Crippen LogP contribution in [-0.2, 0) is 47.5 Å². The van der Waals surface area contributed by atoms with Crippen molar-refractivity contribution in [3.05, 3.63) is 83.1 Å². The quantitative estimate of drug-likeness (QED) is 0.0347. The predicted octanol–water partition coefficient (Wildman–Crippen LogP) is -5.23. The Balaban J connectivity index is 1.23. The third kappa shape index (κ3) is 14.9. The summed E-state index contributed by atoms with van der Waals surface area (Å²) in [5, 5.41) is 142. The van der Waals surface area contributed by atoms with E-state index in [4.69, 9.17) is 37.9 Å². The molecular weight excluding hydrogens is 912 g/mol. The highest BCUT2D eigenvalue weighted by atomic mass is 16.8. The largest absolute Gasteiger partial charge is 0.429 e. The number of esters is 2. The summed E-state index contributed by atoms with van der Waals surface area (Å²) in [6, 6.07) is 0. The highest BCUT2D eigenvalue weighted by Crippen LogP contribution is 2.28. The number of aliphatic hydroxyl groups is 14. The van der Waals surface area contributed by atoms with E-state index in [2.05, 4.69) is 0 Å². The zero-order chi connectivity index (χ0) is 50.6. The lowest BCUT2D eigenvalue weighted by atomic mass is 9.98. The van der Waals surface area contributed by atoms with Gasteiger partial charge in [0.1, 0.15) is 97.7 Å². The molecule has 68 heavy (non-hydrogen) atoms. The van der Waals surface area contributed by atoms with Crippen molar-refractivity contribution in [2.24, 2.45) is 0 Å². The maximum atomic E-state index is 12.8. The lowest BCUT2D eigenvalue weighted by molar-refractivity contribution is -0.326. The topological polar surface area (TPSA) is 391 Å². The highest BCUT2D eigenvalue weighted by molar-refractivity contribution is 5.88. The minimum atomic E-state index is -1.86. The summed E-state index contributed by atoms with van der Waals surface area (Å²) in [5.41, 5.74) is 1.68. The van der Waals surface area contributed by atoms with Crippen LogP contribution in [0.1, 0.15) is 27.7 Å². The number of rotatable bonds is 18. The zero-order valence-corrected chi connectivity index (χ0v) is 37.5. The molecule has 4 heterocycles. The van der Waals surface area contributed by atoms with E-state index < -0.39 is 161 Å². The molecule has 4 aliphatic heterocycles. The fourth-order valence-electron chi connectivity index (χ4n) is 6.84. The van der Waals surface area contributed by atoms with Gasteiger partial charge in [-0.2, -0.15) is 0 Å². The van der Waals surface area contributed by atoms with Crippen molar-refractivity contribution in [3.8, 4) is 0 Å². The summed E-state index contributed by atoms with van der Waals surface area (Å²) >= 11 is 0. The van der Waals surface area contributed by atoms with E-state index in [-0.39, 0.29) is 11.1 Å². The first-order valence-corrected chi connectivity index (χ1v) is 21.5. The van der Waals surface area contributed by atoms with Crippen LogP contribution in [0.4, 0.5) is 0 Å². The van der Waals surface area contributed by atoms with Crippen molar-refractivity contribution in [3.63, 3.8) is 0 Å². The molecule has 0 aliphatic carbocycles. The molecule has 0 aromatic heterocycles. The molecule has 0 unspecified atom stereocenters. The number of carbonyl (C=O) groups excluding carboxylic acids is 2. The molecule has 384 valence electrons. The molecule has 4 fully saturated rings. The van der Waals surface area contributed by atoms with Gasteiger partial charge in [0.15, 0.2) is 12.6 Å². The molecule has 4 aliphatic rings. The van der Waals surface area contributed by atoms with E-state index in [1.165, 1.54) is 26.0 Å². The maximum absolute atomic E-state index is 12.8. The standard InChI is InChI=1S/C44H64O24/c1-19(11-7-13-21(3)39(59)67-43-37(57)33(53)29(49)25(65-43)17-61-41-35(55)31(51)27(47)23(15-45)63-41)9-5-6-10-20(2)12-8-14-22(4)40(60)68-44-38(58)34(54)30(50)26(66-44)18-62-42-36(56)32(52)28(48)24(16-46)64-42/h5-14,23-38,41-58H,15-18H2,1-4H3/b6-5+,11-7+,12-8+,19-9+,20-10+,21-13+,22-14+/t23-,24-,25-,26-,27-,28-,29-,30-,31+,32+,33+,34+,35-,36-,37-,38-,41-,42-,43+,44+/m0/s1. The molecule has 0 aromatic carbocycles. The molecule has 0 bridgehead atoms. The predicted molar refractivity (Wildman–Crippen MR) is 227 cm³/mol. The van der Waals surface area contributed by atoms with Gasteiger partial charge in [-0.1, -0.05) is 71.9 Å². The van der Waals surface area contributed by atoms with Gasteiger partial charge in [-0.3, -0.25) is 0 Å². The summed E-state index contributed by atoms with van der Waals surface area (Å²) in [5.74, 6) is -1.86. The van der Waals surface area contributed by atoms with Crippen LogP contribution in [0.5, 0.6) is 0 Å². The normalized spacial score (nSPS) is 40.3. The van der Waals surface area contributed by atoms with Crippen LogP contribution in [0, 0.1) is 0 Å². The molecule has 0 amide bonds. The SMILES string of the molecule is CC(/C=C/C=C(\C)C(=O)O[C@H]1O[C@@H](CO[C@H]2O[C@@H](CO)[C@H](O)[C@@H](O)[C@@H]2O)[C@H](O)[C@@H](O)[C@@H]1O)=C\C=C\C=C(C)\C=C\C=C(/C)C(=O)O[C@H]1O[C@@H](CO[C@H]2O[C@@H](CO)[C@H](O)[C@@H](O)[C@@H]2O)[C@H](O)[C@@H](O)[C@@H]1O. The van der Waals surface area contributed by atoms with E-state index in [0.717, 1.165) is 11.1 Å². The Kier molecular flexibility index (Phi) is 22.2. The van der Waals surface area contributed by atoms with Crippen LogP contribution >= 0.6 is 0 Å². The molecule has 4 rings (SSSR count). The van der Waals surface area contributed by atoms with Crippen molar-refractivity contribution in [1.82, 2.24) is 0 Å². The summed E-state index contributed by atoms with van der Waals surface area (Å²) in [6.07, 6.45) is -16.8. The monoisotopic (exact) mass is 976 g/mol. The summed E-state index contributed by atoms with van der Waals surface area (Å²) < 4.78 is 42.7. The Hall–Kier alpha value is -3.68.